The molecule has 7 nitrogen and oxygen atoms in total. The number of carboxylic acid groups (broad SMARTS) is 1. The predicted molar refractivity (Wildman–Crippen MR) is 115 cm³/mol. The summed E-state index contributed by atoms with van der Waals surface area (Å²) in [5, 5.41) is 9.60. The van der Waals surface area contributed by atoms with Gasteiger partial charge in [-0.2, -0.15) is 0 Å². The van der Waals surface area contributed by atoms with Crippen LogP contribution < -0.4 is 9.46 Å². The van der Waals surface area contributed by atoms with Crippen LogP contribution in [0.1, 0.15) is 15.9 Å². The molecule has 0 atom stereocenters. The standard InChI is InChI=1S/C19H12Cl3FN2O5S/c1-9-2-5-14(23)16(19(26)27)17(9)30-18-15(6-10(20)8-24-18)25-31(28,29)11-3-4-12(21)13(22)7-11/h2-8,25H,1H3,(H,26,27). The van der Waals surface area contributed by atoms with Crippen molar-refractivity contribution in [2.75, 3.05) is 4.72 Å². The van der Waals surface area contributed by atoms with Gasteiger partial charge in [-0.1, -0.05) is 40.9 Å². The lowest BCUT2D eigenvalue weighted by molar-refractivity contribution is 0.0688. The second-order valence-corrected chi connectivity index (χ2v) is 9.10. The third kappa shape index (κ3) is 5.01. The summed E-state index contributed by atoms with van der Waals surface area (Å²) in [7, 11) is -4.19. The van der Waals surface area contributed by atoms with Gasteiger partial charge in [-0.25, -0.2) is 22.6 Å². The topological polar surface area (TPSA) is 106 Å². The van der Waals surface area contributed by atoms with Gasteiger partial charge in [0.05, 0.1) is 20.0 Å². The number of rotatable bonds is 6. The zero-order valence-electron chi connectivity index (χ0n) is 15.5. The molecule has 0 radical (unpaired) electrons. The summed E-state index contributed by atoms with van der Waals surface area (Å²) in [5.74, 6) is -3.27. The summed E-state index contributed by atoms with van der Waals surface area (Å²) in [6.45, 7) is 1.50. The Morgan fingerprint density at radius 1 is 1.13 bits per heavy atom. The summed E-state index contributed by atoms with van der Waals surface area (Å²) in [5.41, 5.74) is -0.651. The monoisotopic (exact) mass is 504 g/mol. The second-order valence-electron chi connectivity index (χ2n) is 6.16. The Morgan fingerprint density at radius 2 is 1.84 bits per heavy atom. The zero-order valence-corrected chi connectivity index (χ0v) is 18.6. The molecule has 0 saturated carbocycles. The highest BCUT2D eigenvalue weighted by Gasteiger charge is 2.24. The van der Waals surface area contributed by atoms with E-state index in [4.69, 9.17) is 39.5 Å². The first-order valence-corrected chi connectivity index (χ1v) is 10.9. The number of benzene rings is 2. The first-order chi connectivity index (χ1) is 14.5. The number of aromatic nitrogens is 1. The van der Waals surface area contributed by atoms with Crippen LogP contribution in [0.3, 0.4) is 0 Å². The van der Waals surface area contributed by atoms with Crippen LogP contribution >= 0.6 is 34.8 Å². The summed E-state index contributed by atoms with van der Waals surface area (Å²) >= 11 is 17.6. The molecule has 0 saturated heterocycles. The van der Waals surface area contributed by atoms with Crippen LogP contribution in [0.15, 0.2) is 47.5 Å². The molecule has 0 amide bonds. The minimum Gasteiger partial charge on any atom is -0.477 e. The van der Waals surface area contributed by atoms with Crippen LogP contribution in [0.4, 0.5) is 10.1 Å². The van der Waals surface area contributed by atoms with Gasteiger partial charge in [-0.05, 0) is 42.8 Å². The molecule has 0 aliphatic heterocycles. The van der Waals surface area contributed by atoms with Gasteiger partial charge >= 0.3 is 5.97 Å². The fourth-order valence-corrected chi connectivity index (χ4v) is 4.11. The quantitative estimate of drug-likeness (QED) is 0.440. The average molecular weight is 506 g/mol. The number of ether oxygens (including phenoxy) is 1. The van der Waals surface area contributed by atoms with Crippen LogP contribution in [0.2, 0.25) is 15.1 Å². The Labute approximate surface area is 191 Å². The summed E-state index contributed by atoms with van der Waals surface area (Å²) < 4.78 is 47.4. The molecular weight excluding hydrogens is 494 g/mol. The van der Waals surface area contributed by atoms with E-state index in [1.54, 1.807) is 0 Å². The van der Waals surface area contributed by atoms with Crippen LogP contribution in [0, 0.1) is 12.7 Å². The van der Waals surface area contributed by atoms with Gasteiger partial charge < -0.3 is 9.84 Å². The highest BCUT2D eigenvalue weighted by molar-refractivity contribution is 7.92. The number of sulfonamides is 1. The molecule has 0 aliphatic rings. The maximum atomic E-state index is 14.1. The Hall–Kier alpha value is -2.59. The molecular formula is C19H12Cl3FN2O5S. The smallest absolute Gasteiger partial charge is 0.342 e. The predicted octanol–water partition coefficient (Wildman–Crippen LogP) is 5.78. The molecule has 1 aromatic heterocycles. The van der Waals surface area contributed by atoms with E-state index in [0.717, 1.165) is 18.3 Å². The SMILES string of the molecule is Cc1ccc(F)c(C(=O)O)c1Oc1ncc(Cl)cc1NS(=O)(=O)c1ccc(Cl)c(Cl)c1. The van der Waals surface area contributed by atoms with Crippen molar-refractivity contribution < 1.29 is 27.4 Å². The molecule has 162 valence electrons. The van der Waals surface area contributed by atoms with Crippen molar-refractivity contribution in [2.24, 2.45) is 0 Å². The number of hydrogen-bond donors (Lipinski definition) is 2. The number of pyridine rings is 1. The number of nitrogens with one attached hydrogen (secondary N) is 1. The third-order valence-corrected chi connectivity index (χ3v) is 6.29. The molecule has 31 heavy (non-hydrogen) atoms. The van der Waals surface area contributed by atoms with Gasteiger partial charge in [0.2, 0.25) is 5.88 Å². The number of carboxylic acids is 1. The number of anilines is 1. The van der Waals surface area contributed by atoms with E-state index >= 15 is 0 Å². The lowest BCUT2D eigenvalue weighted by atomic mass is 10.1. The fourth-order valence-electron chi connectivity index (χ4n) is 2.52. The minimum atomic E-state index is -4.19. The third-order valence-electron chi connectivity index (χ3n) is 3.98. The van der Waals surface area contributed by atoms with E-state index in [0.29, 0.717) is 0 Å². The number of halogens is 4. The van der Waals surface area contributed by atoms with Gasteiger partial charge in [-0.15, -0.1) is 0 Å². The van der Waals surface area contributed by atoms with Crippen molar-refractivity contribution in [1.29, 1.82) is 0 Å². The van der Waals surface area contributed by atoms with Crippen LogP contribution in [0.25, 0.3) is 0 Å². The average Bonchev–Trinajstić information content (AvgIpc) is 2.68. The van der Waals surface area contributed by atoms with E-state index in [-0.39, 0.29) is 42.8 Å². The van der Waals surface area contributed by atoms with E-state index < -0.39 is 27.4 Å². The Kier molecular flexibility index (Phi) is 6.61. The van der Waals surface area contributed by atoms with Gasteiger partial charge in [0.15, 0.2) is 0 Å². The van der Waals surface area contributed by atoms with Crippen molar-refractivity contribution in [3.63, 3.8) is 0 Å². The largest absolute Gasteiger partial charge is 0.477 e. The maximum absolute atomic E-state index is 14.1. The highest BCUT2D eigenvalue weighted by Crippen LogP contribution is 2.36. The molecule has 0 aliphatic carbocycles. The Bertz CT molecular complexity index is 1300. The van der Waals surface area contributed by atoms with E-state index in [2.05, 4.69) is 9.71 Å². The van der Waals surface area contributed by atoms with Crippen molar-refractivity contribution in [3.8, 4) is 11.6 Å². The molecule has 3 aromatic rings. The molecule has 12 heteroatoms. The van der Waals surface area contributed by atoms with Crippen molar-refractivity contribution in [3.05, 3.63) is 74.6 Å². The minimum absolute atomic E-state index is 0.0201. The Morgan fingerprint density at radius 3 is 2.48 bits per heavy atom. The van der Waals surface area contributed by atoms with Gasteiger partial charge in [0.1, 0.15) is 22.8 Å². The van der Waals surface area contributed by atoms with Gasteiger partial charge in [0.25, 0.3) is 10.0 Å². The molecule has 3 rings (SSSR count). The normalized spacial score (nSPS) is 11.3. The highest BCUT2D eigenvalue weighted by atomic mass is 35.5. The van der Waals surface area contributed by atoms with Crippen LogP contribution in [0.5, 0.6) is 11.6 Å². The molecule has 2 aromatic carbocycles. The number of hydrogen-bond acceptors (Lipinski definition) is 5. The molecule has 2 N–H and O–H groups in total. The Balaban J connectivity index is 2.06. The van der Waals surface area contributed by atoms with Crippen LogP contribution in [-0.4, -0.2) is 24.5 Å². The summed E-state index contributed by atoms with van der Waals surface area (Å²) in [6.07, 6.45) is 1.16. The first-order valence-electron chi connectivity index (χ1n) is 8.33. The lowest BCUT2D eigenvalue weighted by Gasteiger charge is -2.16. The maximum Gasteiger partial charge on any atom is 0.342 e. The van der Waals surface area contributed by atoms with Crippen molar-refractivity contribution in [1.82, 2.24) is 4.98 Å². The molecule has 0 bridgehead atoms. The fraction of sp³-hybridized carbons (Fsp3) is 0.0526. The summed E-state index contributed by atoms with van der Waals surface area (Å²) in [6, 6.07) is 7.18. The summed E-state index contributed by atoms with van der Waals surface area (Å²) in [4.78, 5) is 15.2. The number of aryl methyl sites for hydroxylation is 1. The number of nitrogens with zero attached hydrogens (tertiary/aromatic N) is 1. The van der Waals surface area contributed by atoms with E-state index in [1.807, 2.05) is 0 Å². The number of aromatic carboxylic acids is 1. The molecule has 0 unspecified atom stereocenters. The van der Waals surface area contributed by atoms with E-state index in [1.165, 1.54) is 31.2 Å². The van der Waals surface area contributed by atoms with Crippen molar-refractivity contribution in [2.45, 2.75) is 11.8 Å². The van der Waals surface area contributed by atoms with Gasteiger partial charge in [-0.3, -0.25) is 4.72 Å². The molecule has 0 fully saturated rings. The molecule has 1 heterocycles. The second kappa shape index (κ2) is 8.88. The van der Waals surface area contributed by atoms with Crippen LogP contribution in [-0.2, 0) is 10.0 Å². The first kappa shape index (κ1) is 23.1. The van der Waals surface area contributed by atoms with E-state index in [9.17, 15) is 22.7 Å². The zero-order chi connectivity index (χ0) is 22.9. The van der Waals surface area contributed by atoms with Crippen molar-refractivity contribution >= 4 is 56.5 Å². The molecule has 0 spiro atoms. The lowest BCUT2D eigenvalue weighted by Crippen LogP contribution is -2.14. The number of carbonyl (C=O) groups is 1. The van der Waals surface area contributed by atoms with Gasteiger partial charge in [0, 0.05) is 6.20 Å².